The molecule has 0 unspecified atom stereocenters. The molecule has 0 aromatic carbocycles. The summed E-state index contributed by atoms with van der Waals surface area (Å²) in [4.78, 5) is 22.1. The number of ether oxygens (including phenoxy) is 2. The van der Waals surface area contributed by atoms with Gasteiger partial charge >= 0.3 is 6.09 Å². The van der Waals surface area contributed by atoms with E-state index < -0.39 is 13.7 Å². The first kappa shape index (κ1) is 29.0. The van der Waals surface area contributed by atoms with E-state index in [4.69, 9.17) is 14.5 Å². The lowest BCUT2D eigenvalue weighted by atomic mass is 10.0. The van der Waals surface area contributed by atoms with Crippen LogP contribution in [0.15, 0.2) is 36.9 Å². The second-order valence-electron chi connectivity index (χ2n) is 12.5. The maximum Gasteiger partial charge on any atom is 0.410 e. The molecule has 1 aliphatic rings. The SMILES string of the molecule is CCN(C(=O)OC(C)(C)C)[C@H]1CCCN(c2ccnc3c2c(-c2ccnnc2)cn3COCC[Si](C)(C)C)C1. The Kier molecular flexibility index (Phi) is 8.95. The lowest BCUT2D eigenvalue weighted by molar-refractivity contribution is 0.0159. The maximum absolute atomic E-state index is 13.0. The average Bonchev–Trinajstić information content (AvgIpc) is 3.25. The monoisotopic (exact) mass is 552 g/mol. The number of nitrogens with zero attached hydrogens (tertiary/aromatic N) is 6. The standard InChI is InChI=1S/C29H44N6O3Si/c1-8-35(28(36)38-29(2,3)4)23-10-9-15-33(19-23)25-12-13-30-27-26(25)24(22-11-14-31-32-18-22)20-34(27)21-37-16-17-39(5,6)7/h11-14,18,20,23H,8-10,15-17,19,21H2,1-7H3/t23-/m0/s1. The first-order chi connectivity index (χ1) is 18.5. The first-order valence-electron chi connectivity index (χ1n) is 14.0. The summed E-state index contributed by atoms with van der Waals surface area (Å²) in [7, 11) is -1.18. The lowest BCUT2D eigenvalue weighted by Crippen LogP contribution is -2.51. The van der Waals surface area contributed by atoms with Gasteiger partial charge in [-0.1, -0.05) is 19.6 Å². The van der Waals surface area contributed by atoms with Crippen molar-refractivity contribution < 1.29 is 14.3 Å². The van der Waals surface area contributed by atoms with Crippen molar-refractivity contribution in [1.82, 2.24) is 24.6 Å². The number of hydrogen-bond acceptors (Lipinski definition) is 7. The molecule has 3 aromatic heterocycles. The minimum atomic E-state index is -1.18. The zero-order chi connectivity index (χ0) is 28.2. The van der Waals surface area contributed by atoms with E-state index in [0.717, 1.165) is 66.4 Å². The topological polar surface area (TPSA) is 85.6 Å². The van der Waals surface area contributed by atoms with E-state index in [1.807, 2.05) is 44.9 Å². The molecule has 10 heteroatoms. The smallest absolute Gasteiger partial charge is 0.410 e. The van der Waals surface area contributed by atoms with Gasteiger partial charge in [-0.15, -0.1) is 0 Å². The predicted octanol–water partition coefficient (Wildman–Crippen LogP) is 6.03. The normalized spacial score (nSPS) is 16.5. The molecular formula is C29H44N6O3Si. The van der Waals surface area contributed by atoms with Crippen LogP contribution in [0.3, 0.4) is 0 Å². The van der Waals surface area contributed by atoms with Crippen molar-refractivity contribution in [3.63, 3.8) is 0 Å². The Morgan fingerprint density at radius 1 is 1.18 bits per heavy atom. The maximum atomic E-state index is 13.0. The second-order valence-corrected chi connectivity index (χ2v) is 18.2. The molecule has 0 aliphatic carbocycles. The molecule has 9 nitrogen and oxygen atoms in total. The molecule has 3 aromatic rings. The first-order valence-corrected chi connectivity index (χ1v) is 17.7. The van der Waals surface area contributed by atoms with Crippen LogP contribution in [0.4, 0.5) is 10.5 Å². The molecular weight excluding hydrogens is 508 g/mol. The largest absolute Gasteiger partial charge is 0.444 e. The average molecular weight is 553 g/mol. The summed E-state index contributed by atoms with van der Waals surface area (Å²) >= 11 is 0. The van der Waals surface area contributed by atoms with Crippen molar-refractivity contribution in [3.05, 3.63) is 36.9 Å². The van der Waals surface area contributed by atoms with Gasteiger partial charge in [0.15, 0.2) is 0 Å². The number of fused-ring (bicyclic) bond motifs is 1. The van der Waals surface area contributed by atoms with Gasteiger partial charge in [0, 0.05) is 57.8 Å². The highest BCUT2D eigenvalue weighted by Gasteiger charge is 2.32. The van der Waals surface area contributed by atoms with Crippen molar-refractivity contribution in [2.24, 2.45) is 0 Å². The zero-order valence-corrected chi connectivity index (χ0v) is 25.6. The fourth-order valence-corrected chi connectivity index (χ4v) is 5.81. The highest BCUT2D eigenvalue weighted by atomic mass is 28.3. The van der Waals surface area contributed by atoms with Gasteiger partial charge in [0.2, 0.25) is 0 Å². The van der Waals surface area contributed by atoms with Gasteiger partial charge in [0.1, 0.15) is 18.0 Å². The van der Waals surface area contributed by atoms with E-state index in [9.17, 15) is 4.79 Å². The fraction of sp³-hybridized carbons (Fsp3) is 0.586. The number of amides is 1. The van der Waals surface area contributed by atoms with Gasteiger partial charge in [-0.2, -0.15) is 10.2 Å². The molecule has 0 saturated carbocycles. The third-order valence-corrected chi connectivity index (χ3v) is 8.71. The molecule has 1 amide bonds. The molecule has 0 bridgehead atoms. The molecule has 4 heterocycles. The van der Waals surface area contributed by atoms with Crippen molar-refractivity contribution in [2.45, 2.75) is 84.6 Å². The molecule has 1 aliphatic heterocycles. The Bertz CT molecular complexity index is 1250. The van der Waals surface area contributed by atoms with Gasteiger partial charge < -0.3 is 23.8 Å². The minimum absolute atomic E-state index is 0.0693. The highest BCUT2D eigenvalue weighted by Crippen LogP contribution is 2.37. The van der Waals surface area contributed by atoms with Crippen LogP contribution in [0.25, 0.3) is 22.2 Å². The van der Waals surface area contributed by atoms with E-state index >= 15 is 0 Å². The van der Waals surface area contributed by atoms with Crippen molar-refractivity contribution >= 4 is 30.9 Å². The quantitative estimate of drug-likeness (QED) is 0.237. The summed E-state index contributed by atoms with van der Waals surface area (Å²) in [6.07, 6.45) is 9.19. The number of likely N-dealkylation sites (N-methyl/N-ethyl adjacent to an activating group) is 1. The van der Waals surface area contributed by atoms with E-state index in [-0.39, 0.29) is 12.1 Å². The summed E-state index contributed by atoms with van der Waals surface area (Å²) < 4.78 is 14.0. The minimum Gasteiger partial charge on any atom is -0.444 e. The van der Waals surface area contributed by atoms with E-state index in [1.165, 1.54) is 0 Å². The van der Waals surface area contributed by atoms with Gasteiger partial charge in [-0.25, -0.2) is 9.78 Å². The Labute approximate surface area is 233 Å². The van der Waals surface area contributed by atoms with Gasteiger partial charge in [-0.05, 0) is 58.7 Å². The molecule has 212 valence electrons. The number of hydrogen-bond donors (Lipinski definition) is 0. The van der Waals surface area contributed by atoms with E-state index in [1.54, 1.807) is 12.4 Å². The van der Waals surface area contributed by atoms with Crippen LogP contribution < -0.4 is 4.90 Å². The second kappa shape index (κ2) is 12.0. The molecule has 39 heavy (non-hydrogen) atoms. The van der Waals surface area contributed by atoms with Crippen LogP contribution in [0, 0.1) is 0 Å². The number of carbonyl (C=O) groups is 1. The molecule has 1 fully saturated rings. The van der Waals surface area contributed by atoms with Gasteiger partial charge in [0.25, 0.3) is 0 Å². The zero-order valence-electron chi connectivity index (χ0n) is 24.6. The van der Waals surface area contributed by atoms with Crippen LogP contribution in [-0.4, -0.2) is 76.7 Å². The molecule has 4 rings (SSSR count). The number of rotatable bonds is 9. The molecule has 0 N–H and O–H groups in total. The number of anilines is 1. The van der Waals surface area contributed by atoms with Gasteiger partial charge in [-0.3, -0.25) is 0 Å². The molecule has 1 saturated heterocycles. The fourth-order valence-electron chi connectivity index (χ4n) is 5.06. The van der Waals surface area contributed by atoms with E-state index in [0.29, 0.717) is 13.3 Å². The Morgan fingerprint density at radius 2 is 1.97 bits per heavy atom. The van der Waals surface area contributed by atoms with Crippen molar-refractivity contribution in [2.75, 3.05) is 31.1 Å². The van der Waals surface area contributed by atoms with Gasteiger partial charge in [0.05, 0.1) is 29.5 Å². The lowest BCUT2D eigenvalue weighted by Gasteiger charge is -2.40. The number of piperidine rings is 1. The number of aromatic nitrogens is 4. The number of pyridine rings is 1. The Balaban J connectivity index is 1.66. The summed E-state index contributed by atoms with van der Waals surface area (Å²) in [6, 6.07) is 5.25. The predicted molar refractivity (Wildman–Crippen MR) is 159 cm³/mol. The third kappa shape index (κ3) is 7.36. The Morgan fingerprint density at radius 3 is 2.64 bits per heavy atom. The summed E-state index contributed by atoms with van der Waals surface area (Å²) in [5.74, 6) is 0. The third-order valence-electron chi connectivity index (χ3n) is 7.00. The van der Waals surface area contributed by atoms with Crippen LogP contribution in [0.1, 0.15) is 40.5 Å². The van der Waals surface area contributed by atoms with Crippen molar-refractivity contribution in [1.29, 1.82) is 0 Å². The Hall–Kier alpha value is -2.98. The molecule has 0 radical (unpaired) electrons. The van der Waals surface area contributed by atoms with Crippen LogP contribution >= 0.6 is 0 Å². The van der Waals surface area contributed by atoms with Crippen molar-refractivity contribution in [3.8, 4) is 11.1 Å². The van der Waals surface area contributed by atoms with E-state index in [2.05, 4.69) is 51.6 Å². The number of carbonyl (C=O) groups excluding carboxylic acids is 1. The summed E-state index contributed by atoms with van der Waals surface area (Å²) in [5.41, 5.74) is 3.51. The molecule has 0 spiro atoms. The highest BCUT2D eigenvalue weighted by molar-refractivity contribution is 6.76. The molecule has 1 atom stereocenters. The van der Waals surface area contributed by atoms with Crippen LogP contribution in [0.5, 0.6) is 0 Å². The van der Waals surface area contributed by atoms with Crippen LogP contribution in [-0.2, 0) is 16.2 Å². The van der Waals surface area contributed by atoms with Crippen LogP contribution in [0.2, 0.25) is 25.7 Å². The summed E-state index contributed by atoms with van der Waals surface area (Å²) in [6.45, 7) is 18.3. The summed E-state index contributed by atoms with van der Waals surface area (Å²) in [5, 5.41) is 9.19.